The Morgan fingerprint density at radius 2 is 2.12 bits per heavy atom. The number of amides is 1. The molecule has 1 amide bonds. The van der Waals surface area contributed by atoms with Crippen molar-refractivity contribution in [2.75, 3.05) is 6.54 Å². The first-order chi connectivity index (χ1) is 7.91. The molecular weight excluding hydrogens is 232 g/mol. The first-order valence-electron chi connectivity index (χ1n) is 4.96. The molecule has 1 aromatic rings. The summed E-state index contributed by atoms with van der Waals surface area (Å²) in [6.07, 6.45) is -4.77. The van der Waals surface area contributed by atoms with Crippen LogP contribution in [0.4, 0.5) is 8.78 Å². The molecule has 17 heavy (non-hydrogen) atoms. The lowest BCUT2D eigenvalue weighted by molar-refractivity contribution is -0.00270. The van der Waals surface area contributed by atoms with E-state index < -0.39 is 25.0 Å². The summed E-state index contributed by atoms with van der Waals surface area (Å²) in [5.41, 5.74) is 0.744. The highest BCUT2D eigenvalue weighted by Gasteiger charge is 2.17. The fourth-order valence-electron chi connectivity index (χ4n) is 1.19. The van der Waals surface area contributed by atoms with Crippen LogP contribution in [0.1, 0.15) is 15.9 Å². The Balaban J connectivity index is 2.61. The van der Waals surface area contributed by atoms with Gasteiger partial charge < -0.3 is 15.5 Å². The number of nitrogens with one attached hydrogen (secondary N) is 1. The number of aliphatic hydroxyl groups is 1. The molecule has 1 unspecified atom stereocenters. The van der Waals surface area contributed by atoms with E-state index in [-0.39, 0.29) is 11.3 Å². The summed E-state index contributed by atoms with van der Waals surface area (Å²) in [4.78, 5) is 11.5. The lowest BCUT2D eigenvalue weighted by atomic mass is 10.1. The number of aryl methyl sites for hydroxylation is 1. The average Bonchev–Trinajstić information content (AvgIpc) is 2.28. The second-order valence-corrected chi connectivity index (χ2v) is 3.61. The number of alkyl halides is 2. The average molecular weight is 245 g/mol. The van der Waals surface area contributed by atoms with E-state index in [9.17, 15) is 18.7 Å². The van der Waals surface area contributed by atoms with Crippen molar-refractivity contribution >= 4 is 5.91 Å². The molecule has 0 aliphatic heterocycles. The van der Waals surface area contributed by atoms with Gasteiger partial charge in [-0.3, -0.25) is 4.79 Å². The molecule has 0 aromatic heterocycles. The second-order valence-electron chi connectivity index (χ2n) is 3.61. The molecule has 0 aliphatic carbocycles. The molecule has 0 heterocycles. The van der Waals surface area contributed by atoms with Crippen LogP contribution in [-0.2, 0) is 0 Å². The SMILES string of the molecule is Cc1cc(C(=O)NCC(O)C(F)F)ccc1O. The minimum Gasteiger partial charge on any atom is -0.508 e. The summed E-state index contributed by atoms with van der Waals surface area (Å²) in [6.45, 7) is 1.09. The molecule has 0 fully saturated rings. The largest absolute Gasteiger partial charge is 0.508 e. The number of halogens is 2. The van der Waals surface area contributed by atoms with Gasteiger partial charge in [0.15, 0.2) is 0 Å². The molecule has 0 aliphatic rings. The van der Waals surface area contributed by atoms with Crippen molar-refractivity contribution in [1.29, 1.82) is 0 Å². The monoisotopic (exact) mass is 245 g/mol. The Hall–Kier alpha value is -1.69. The third-order valence-corrected chi connectivity index (χ3v) is 2.22. The Labute approximate surface area is 96.9 Å². The standard InChI is InChI=1S/C11H13F2NO3/c1-6-4-7(2-3-8(6)15)11(17)14-5-9(16)10(12)13/h2-4,9-10,15-16H,5H2,1H3,(H,14,17). The van der Waals surface area contributed by atoms with Gasteiger partial charge in [0.05, 0.1) is 0 Å². The zero-order valence-electron chi connectivity index (χ0n) is 9.15. The molecule has 0 bridgehead atoms. The minimum absolute atomic E-state index is 0.0502. The van der Waals surface area contributed by atoms with Crippen LogP contribution in [0.5, 0.6) is 5.75 Å². The van der Waals surface area contributed by atoms with Gasteiger partial charge >= 0.3 is 0 Å². The number of phenolic OH excluding ortho intramolecular Hbond substituents is 1. The zero-order chi connectivity index (χ0) is 13.0. The van der Waals surface area contributed by atoms with Gasteiger partial charge in [-0.1, -0.05) is 0 Å². The van der Waals surface area contributed by atoms with Gasteiger partial charge in [0.2, 0.25) is 0 Å². The maximum Gasteiger partial charge on any atom is 0.265 e. The van der Waals surface area contributed by atoms with Gasteiger partial charge in [-0.25, -0.2) is 8.78 Å². The normalized spacial score (nSPS) is 12.5. The van der Waals surface area contributed by atoms with Crippen molar-refractivity contribution in [3.8, 4) is 5.75 Å². The van der Waals surface area contributed by atoms with Gasteiger partial charge in [0, 0.05) is 12.1 Å². The molecule has 0 saturated carbocycles. The van der Waals surface area contributed by atoms with E-state index in [0.717, 1.165) is 0 Å². The highest BCUT2D eigenvalue weighted by Crippen LogP contribution is 2.16. The van der Waals surface area contributed by atoms with Crippen molar-refractivity contribution in [2.45, 2.75) is 19.5 Å². The summed E-state index contributed by atoms with van der Waals surface area (Å²) in [7, 11) is 0. The third kappa shape index (κ3) is 3.67. The topological polar surface area (TPSA) is 69.6 Å². The molecule has 1 rings (SSSR count). The summed E-state index contributed by atoms with van der Waals surface area (Å²) in [5.74, 6) is -0.526. The fraction of sp³-hybridized carbons (Fsp3) is 0.364. The Bertz CT molecular complexity index is 410. The van der Waals surface area contributed by atoms with Crippen molar-refractivity contribution in [3.05, 3.63) is 29.3 Å². The molecule has 6 heteroatoms. The lowest BCUT2D eigenvalue weighted by Crippen LogP contribution is -2.35. The molecule has 4 nitrogen and oxygen atoms in total. The zero-order valence-corrected chi connectivity index (χ0v) is 9.15. The Morgan fingerprint density at radius 3 is 2.65 bits per heavy atom. The van der Waals surface area contributed by atoms with Crippen LogP contribution < -0.4 is 5.32 Å². The number of benzene rings is 1. The van der Waals surface area contributed by atoms with E-state index in [4.69, 9.17) is 5.11 Å². The minimum atomic E-state index is -2.89. The van der Waals surface area contributed by atoms with E-state index in [0.29, 0.717) is 5.56 Å². The molecule has 94 valence electrons. The predicted octanol–water partition coefficient (Wildman–Crippen LogP) is 1.06. The van der Waals surface area contributed by atoms with Crippen LogP contribution in [0.25, 0.3) is 0 Å². The smallest absolute Gasteiger partial charge is 0.265 e. The van der Waals surface area contributed by atoms with E-state index >= 15 is 0 Å². The van der Waals surface area contributed by atoms with Crippen molar-refractivity contribution < 1.29 is 23.8 Å². The summed E-state index contributed by atoms with van der Waals surface area (Å²) < 4.78 is 23.9. The van der Waals surface area contributed by atoms with Gasteiger partial charge in [-0.15, -0.1) is 0 Å². The quantitative estimate of drug-likeness (QED) is 0.742. The van der Waals surface area contributed by atoms with Gasteiger partial charge in [0.1, 0.15) is 11.9 Å². The van der Waals surface area contributed by atoms with Crippen molar-refractivity contribution in [1.82, 2.24) is 5.32 Å². The number of carbonyl (C=O) groups is 1. The number of hydrogen-bond donors (Lipinski definition) is 3. The molecule has 1 atom stereocenters. The van der Waals surface area contributed by atoms with E-state index in [2.05, 4.69) is 5.32 Å². The second kappa shape index (κ2) is 5.58. The van der Waals surface area contributed by atoms with Crippen LogP contribution in [0, 0.1) is 6.92 Å². The Kier molecular flexibility index (Phi) is 4.39. The predicted molar refractivity (Wildman–Crippen MR) is 57.2 cm³/mol. The third-order valence-electron chi connectivity index (χ3n) is 2.22. The molecule has 0 saturated heterocycles. The maximum absolute atomic E-state index is 12.0. The van der Waals surface area contributed by atoms with Gasteiger partial charge in [-0.2, -0.15) is 0 Å². The van der Waals surface area contributed by atoms with Crippen LogP contribution in [-0.4, -0.2) is 35.2 Å². The van der Waals surface area contributed by atoms with Crippen LogP contribution in [0.15, 0.2) is 18.2 Å². The maximum atomic E-state index is 12.0. The van der Waals surface area contributed by atoms with Gasteiger partial charge in [0.25, 0.3) is 12.3 Å². The van der Waals surface area contributed by atoms with E-state index in [1.165, 1.54) is 18.2 Å². The Morgan fingerprint density at radius 1 is 1.47 bits per heavy atom. The summed E-state index contributed by atoms with van der Waals surface area (Å²) in [5, 5.41) is 20.2. The number of rotatable bonds is 4. The lowest BCUT2D eigenvalue weighted by Gasteiger charge is -2.11. The fourth-order valence-corrected chi connectivity index (χ4v) is 1.19. The number of phenols is 1. The highest BCUT2D eigenvalue weighted by atomic mass is 19.3. The molecule has 3 N–H and O–H groups in total. The van der Waals surface area contributed by atoms with E-state index in [1.54, 1.807) is 6.92 Å². The molecule has 0 radical (unpaired) electrons. The first-order valence-corrected chi connectivity index (χ1v) is 4.96. The molecule has 0 spiro atoms. The highest BCUT2D eigenvalue weighted by molar-refractivity contribution is 5.94. The molecular formula is C11H13F2NO3. The summed E-state index contributed by atoms with van der Waals surface area (Å²) >= 11 is 0. The number of aliphatic hydroxyl groups excluding tert-OH is 1. The van der Waals surface area contributed by atoms with Gasteiger partial charge in [-0.05, 0) is 30.7 Å². The van der Waals surface area contributed by atoms with Crippen LogP contribution in [0.2, 0.25) is 0 Å². The first kappa shape index (κ1) is 13.4. The number of aromatic hydroxyl groups is 1. The summed E-state index contributed by atoms with van der Waals surface area (Å²) in [6, 6.07) is 4.14. The van der Waals surface area contributed by atoms with Crippen LogP contribution in [0.3, 0.4) is 0 Å². The number of carbonyl (C=O) groups excluding carboxylic acids is 1. The van der Waals surface area contributed by atoms with Crippen molar-refractivity contribution in [2.24, 2.45) is 0 Å². The van der Waals surface area contributed by atoms with E-state index in [1.807, 2.05) is 0 Å². The number of hydrogen-bond acceptors (Lipinski definition) is 3. The molecule has 1 aromatic carbocycles. The van der Waals surface area contributed by atoms with Crippen molar-refractivity contribution in [3.63, 3.8) is 0 Å². The van der Waals surface area contributed by atoms with Crippen LogP contribution >= 0.6 is 0 Å².